The normalized spacial score (nSPS) is 13.0. The Bertz CT molecular complexity index is 623. The van der Waals surface area contributed by atoms with E-state index in [9.17, 15) is 17.6 Å². The summed E-state index contributed by atoms with van der Waals surface area (Å²) in [5.74, 6) is -0.298. The van der Waals surface area contributed by atoms with Gasteiger partial charge >= 0.3 is 6.18 Å². The molecule has 0 amide bonds. The van der Waals surface area contributed by atoms with Gasteiger partial charge in [0.05, 0.1) is 10.0 Å². The van der Waals surface area contributed by atoms with Crippen LogP contribution in [0.3, 0.4) is 0 Å². The molecule has 1 atom stereocenters. The van der Waals surface area contributed by atoms with Gasteiger partial charge in [-0.1, -0.05) is 12.1 Å². The summed E-state index contributed by atoms with van der Waals surface area (Å²) in [4.78, 5) is 0. The quantitative estimate of drug-likeness (QED) is 0.632. The van der Waals surface area contributed by atoms with Gasteiger partial charge < -0.3 is 4.74 Å². The summed E-state index contributed by atoms with van der Waals surface area (Å²) in [5, 5.41) is 0. The fraction of sp³-hybridized carbons (Fsp3) is 0.200. The van der Waals surface area contributed by atoms with Gasteiger partial charge in [-0.2, -0.15) is 13.2 Å². The molecule has 0 aliphatic carbocycles. The molecule has 0 aromatic heterocycles. The van der Waals surface area contributed by atoms with Crippen molar-refractivity contribution in [1.82, 2.24) is 0 Å². The lowest BCUT2D eigenvalue weighted by atomic mass is 10.1. The number of rotatable bonds is 3. The van der Waals surface area contributed by atoms with Gasteiger partial charge in [-0.3, -0.25) is 0 Å². The van der Waals surface area contributed by atoms with E-state index in [1.807, 2.05) is 0 Å². The number of alkyl halides is 3. The summed E-state index contributed by atoms with van der Waals surface area (Å²) in [5.41, 5.74) is -0.118. The highest BCUT2D eigenvalue weighted by atomic mass is 79.9. The topological polar surface area (TPSA) is 9.23 Å². The lowest BCUT2D eigenvalue weighted by Gasteiger charge is -2.17. The second-order valence-corrected chi connectivity index (χ2v) is 5.31. The Balaban J connectivity index is 2.24. The number of benzene rings is 2. The van der Waals surface area contributed by atoms with Crippen molar-refractivity contribution in [3.05, 3.63) is 63.9 Å². The van der Waals surface area contributed by atoms with Gasteiger partial charge in [0.2, 0.25) is 0 Å². The van der Waals surface area contributed by atoms with Crippen LogP contribution in [0.15, 0.2) is 46.9 Å². The number of halogens is 5. The summed E-state index contributed by atoms with van der Waals surface area (Å²) in [6.45, 7) is 1.68. The molecule has 0 saturated heterocycles. The predicted octanol–water partition coefficient (Wildman–Crippen LogP) is 5.75. The Kier molecular flexibility index (Phi) is 4.56. The maximum Gasteiger partial charge on any atom is 0.416 e. The first-order chi connectivity index (χ1) is 9.77. The largest absolute Gasteiger partial charge is 0.485 e. The van der Waals surface area contributed by atoms with Crippen LogP contribution in [-0.2, 0) is 6.18 Å². The standard InChI is InChI=1S/C15H11BrF4O/c1-9(10-2-5-12(17)6-3-10)21-14-8-11(15(18,19)20)4-7-13(14)16/h2-9H,1H3/t9-/m0/s1. The van der Waals surface area contributed by atoms with Gasteiger partial charge in [0.25, 0.3) is 0 Å². The van der Waals surface area contributed by atoms with Crippen molar-refractivity contribution >= 4 is 15.9 Å². The molecule has 6 heteroatoms. The number of hydrogen-bond donors (Lipinski definition) is 0. The third-order valence-electron chi connectivity index (χ3n) is 2.90. The minimum Gasteiger partial charge on any atom is -0.485 e. The highest BCUT2D eigenvalue weighted by Gasteiger charge is 2.31. The third kappa shape index (κ3) is 3.97. The van der Waals surface area contributed by atoms with Gasteiger partial charge in [0.15, 0.2) is 0 Å². The smallest absolute Gasteiger partial charge is 0.416 e. The molecule has 2 aromatic rings. The second kappa shape index (κ2) is 6.05. The van der Waals surface area contributed by atoms with Crippen molar-refractivity contribution in [1.29, 1.82) is 0 Å². The van der Waals surface area contributed by atoms with E-state index in [0.717, 1.165) is 12.1 Å². The molecule has 0 bridgehead atoms. The molecule has 0 spiro atoms. The summed E-state index contributed by atoms with van der Waals surface area (Å²) in [6, 6.07) is 8.80. The molecule has 0 N–H and O–H groups in total. The third-order valence-corrected chi connectivity index (χ3v) is 3.56. The van der Waals surface area contributed by atoms with Crippen LogP contribution in [0.5, 0.6) is 5.75 Å². The molecule has 21 heavy (non-hydrogen) atoms. The Hall–Kier alpha value is -1.56. The van der Waals surface area contributed by atoms with E-state index in [2.05, 4.69) is 15.9 Å². The first-order valence-electron chi connectivity index (χ1n) is 6.06. The van der Waals surface area contributed by atoms with Crippen LogP contribution >= 0.6 is 15.9 Å². The van der Waals surface area contributed by atoms with Crippen LogP contribution in [0, 0.1) is 5.82 Å². The van der Waals surface area contributed by atoms with Crippen molar-refractivity contribution in [2.75, 3.05) is 0 Å². The van der Waals surface area contributed by atoms with Crippen molar-refractivity contribution in [3.8, 4) is 5.75 Å². The maximum absolute atomic E-state index is 12.9. The fourth-order valence-electron chi connectivity index (χ4n) is 1.76. The monoisotopic (exact) mass is 362 g/mol. The first kappa shape index (κ1) is 15.8. The van der Waals surface area contributed by atoms with E-state index in [1.54, 1.807) is 6.92 Å². The second-order valence-electron chi connectivity index (χ2n) is 4.45. The van der Waals surface area contributed by atoms with E-state index in [0.29, 0.717) is 10.0 Å². The fourth-order valence-corrected chi connectivity index (χ4v) is 2.10. The SMILES string of the molecule is C[C@H](Oc1cc(C(F)(F)F)ccc1Br)c1ccc(F)cc1. The van der Waals surface area contributed by atoms with E-state index in [-0.39, 0.29) is 11.6 Å². The Morgan fingerprint density at radius 2 is 1.67 bits per heavy atom. The maximum atomic E-state index is 12.9. The highest BCUT2D eigenvalue weighted by molar-refractivity contribution is 9.10. The molecule has 2 aromatic carbocycles. The molecule has 0 fully saturated rings. The summed E-state index contributed by atoms with van der Waals surface area (Å²) in [6.07, 6.45) is -4.94. The molecule has 0 aliphatic rings. The molecule has 0 radical (unpaired) electrons. The molecule has 0 aliphatic heterocycles. The molecular formula is C15H11BrF4O. The average molecular weight is 363 g/mol. The van der Waals surface area contributed by atoms with E-state index >= 15 is 0 Å². The predicted molar refractivity (Wildman–Crippen MR) is 74.6 cm³/mol. The Labute approximate surface area is 127 Å². The highest BCUT2D eigenvalue weighted by Crippen LogP contribution is 2.36. The molecule has 0 heterocycles. The van der Waals surface area contributed by atoms with E-state index in [1.165, 1.54) is 30.3 Å². The van der Waals surface area contributed by atoms with Crippen molar-refractivity contribution in [2.24, 2.45) is 0 Å². The van der Waals surface area contributed by atoms with Gasteiger partial charge in [-0.05, 0) is 58.7 Å². The lowest BCUT2D eigenvalue weighted by Crippen LogP contribution is -2.07. The van der Waals surface area contributed by atoms with Gasteiger partial charge in [0.1, 0.15) is 17.7 Å². The Morgan fingerprint density at radius 3 is 2.24 bits per heavy atom. The zero-order valence-corrected chi connectivity index (χ0v) is 12.5. The number of ether oxygens (including phenoxy) is 1. The minimum absolute atomic E-state index is 0.0849. The summed E-state index contributed by atoms with van der Waals surface area (Å²) in [7, 11) is 0. The molecule has 0 saturated carbocycles. The van der Waals surface area contributed by atoms with Crippen molar-refractivity contribution in [2.45, 2.75) is 19.2 Å². The van der Waals surface area contributed by atoms with Crippen molar-refractivity contribution < 1.29 is 22.3 Å². The lowest BCUT2D eigenvalue weighted by molar-refractivity contribution is -0.137. The van der Waals surface area contributed by atoms with Crippen molar-refractivity contribution in [3.63, 3.8) is 0 Å². The van der Waals surface area contributed by atoms with Crippen LogP contribution in [0.1, 0.15) is 24.2 Å². The molecular weight excluding hydrogens is 352 g/mol. The summed E-state index contributed by atoms with van der Waals surface area (Å²) < 4.78 is 56.9. The van der Waals surface area contributed by atoms with Crippen LogP contribution in [-0.4, -0.2) is 0 Å². The first-order valence-corrected chi connectivity index (χ1v) is 6.85. The van der Waals surface area contributed by atoms with Crippen LogP contribution < -0.4 is 4.74 Å². The van der Waals surface area contributed by atoms with Gasteiger partial charge in [-0.25, -0.2) is 4.39 Å². The van der Waals surface area contributed by atoms with Gasteiger partial charge in [0, 0.05) is 0 Å². The summed E-state index contributed by atoms with van der Waals surface area (Å²) >= 11 is 3.16. The Morgan fingerprint density at radius 1 is 1.05 bits per heavy atom. The zero-order chi connectivity index (χ0) is 15.6. The average Bonchev–Trinajstić information content (AvgIpc) is 2.40. The number of hydrogen-bond acceptors (Lipinski definition) is 1. The van der Waals surface area contributed by atoms with Crippen LogP contribution in [0.2, 0.25) is 0 Å². The molecule has 112 valence electrons. The van der Waals surface area contributed by atoms with E-state index in [4.69, 9.17) is 4.74 Å². The zero-order valence-electron chi connectivity index (χ0n) is 10.9. The minimum atomic E-state index is -4.43. The van der Waals surface area contributed by atoms with Crippen LogP contribution in [0.4, 0.5) is 17.6 Å². The van der Waals surface area contributed by atoms with E-state index < -0.39 is 17.8 Å². The van der Waals surface area contributed by atoms with Crippen LogP contribution in [0.25, 0.3) is 0 Å². The molecule has 0 unspecified atom stereocenters. The molecule has 1 nitrogen and oxygen atoms in total. The van der Waals surface area contributed by atoms with Gasteiger partial charge in [-0.15, -0.1) is 0 Å². The molecule has 2 rings (SSSR count).